The van der Waals surface area contributed by atoms with Gasteiger partial charge >= 0.3 is 0 Å². The fraction of sp³-hybridized carbons (Fsp3) is 0.500. The van der Waals surface area contributed by atoms with Crippen LogP contribution < -0.4 is 10.1 Å². The minimum atomic E-state index is -0.232. The lowest BCUT2D eigenvalue weighted by atomic mass is 10.2. The normalized spacial score (nSPS) is 21.4. The molecule has 1 N–H and O–H groups in total. The molecule has 2 aliphatic rings. The second-order valence-corrected chi connectivity index (χ2v) is 4.90. The summed E-state index contributed by atoms with van der Waals surface area (Å²) in [5.74, 6) is 1.57. The SMILES string of the molecule is O=C(NCc1ccccc1OCC1CC1)C1CO1. The Morgan fingerprint density at radius 3 is 2.89 bits per heavy atom. The summed E-state index contributed by atoms with van der Waals surface area (Å²) >= 11 is 0. The number of hydrogen-bond donors (Lipinski definition) is 1. The van der Waals surface area contributed by atoms with E-state index in [0.29, 0.717) is 13.2 Å². The van der Waals surface area contributed by atoms with Gasteiger partial charge in [0, 0.05) is 12.1 Å². The third-order valence-corrected chi connectivity index (χ3v) is 3.22. The summed E-state index contributed by atoms with van der Waals surface area (Å²) < 4.78 is 10.7. The summed E-state index contributed by atoms with van der Waals surface area (Å²) in [6.07, 6.45) is 2.32. The van der Waals surface area contributed by atoms with Crippen molar-refractivity contribution in [3.8, 4) is 5.75 Å². The quantitative estimate of drug-likeness (QED) is 0.775. The largest absolute Gasteiger partial charge is 0.493 e. The predicted octanol–water partition coefficient (Wildman–Crippen LogP) is 1.49. The van der Waals surface area contributed by atoms with Crippen LogP contribution in [0.15, 0.2) is 24.3 Å². The van der Waals surface area contributed by atoms with Gasteiger partial charge in [0.2, 0.25) is 0 Å². The van der Waals surface area contributed by atoms with Gasteiger partial charge in [-0.05, 0) is 24.8 Å². The molecule has 1 aliphatic heterocycles. The highest BCUT2D eigenvalue weighted by Crippen LogP contribution is 2.30. The standard InChI is InChI=1S/C14H17NO3/c16-14(13-9-18-13)15-7-11-3-1-2-4-12(11)17-8-10-5-6-10/h1-4,10,13H,5-9H2,(H,15,16). The molecule has 0 spiro atoms. The highest BCUT2D eigenvalue weighted by atomic mass is 16.6. The molecule has 0 bridgehead atoms. The van der Waals surface area contributed by atoms with Gasteiger partial charge in [-0.3, -0.25) is 4.79 Å². The average molecular weight is 247 g/mol. The Labute approximate surface area is 106 Å². The van der Waals surface area contributed by atoms with Crippen molar-refractivity contribution in [1.82, 2.24) is 5.32 Å². The van der Waals surface area contributed by atoms with Crippen LogP contribution in [0.2, 0.25) is 0 Å². The zero-order valence-corrected chi connectivity index (χ0v) is 10.2. The highest BCUT2D eigenvalue weighted by molar-refractivity contribution is 5.82. The number of amides is 1. The number of epoxide rings is 1. The predicted molar refractivity (Wildman–Crippen MR) is 66.2 cm³/mol. The molecular formula is C14H17NO3. The fourth-order valence-electron chi connectivity index (χ4n) is 1.78. The Morgan fingerprint density at radius 2 is 2.17 bits per heavy atom. The molecule has 1 unspecified atom stereocenters. The van der Waals surface area contributed by atoms with Crippen molar-refractivity contribution >= 4 is 5.91 Å². The first-order valence-corrected chi connectivity index (χ1v) is 6.43. The number of para-hydroxylation sites is 1. The van der Waals surface area contributed by atoms with Gasteiger partial charge in [-0.2, -0.15) is 0 Å². The van der Waals surface area contributed by atoms with E-state index in [0.717, 1.165) is 23.8 Å². The van der Waals surface area contributed by atoms with Crippen molar-refractivity contribution in [2.75, 3.05) is 13.2 Å². The summed E-state index contributed by atoms with van der Waals surface area (Å²) in [6.45, 7) is 1.84. The summed E-state index contributed by atoms with van der Waals surface area (Å²) in [4.78, 5) is 11.5. The second kappa shape index (κ2) is 4.98. The molecular weight excluding hydrogens is 230 g/mol. The van der Waals surface area contributed by atoms with Crippen LogP contribution in [0.1, 0.15) is 18.4 Å². The Bertz CT molecular complexity index is 438. The van der Waals surface area contributed by atoms with Crippen LogP contribution in [-0.4, -0.2) is 25.2 Å². The summed E-state index contributed by atoms with van der Waals surface area (Å²) in [7, 11) is 0. The smallest absolute Gasteiger partial charge is 0.251 e. The number of carbonyl (C=O) groups is 1. The zero-order chi connectivity index (χ0) is 12.4. The second-order valence-electron chi connectivity index (χ2n) is 4.90. The Kier molecular flexibility index (Phi) is 3.19. The number of nitrogens with one attached hydrogen (secondary N) is 1. The van der Waals surface area contributed by atoms with E-state index in [1.54, 1.807) is 0 Å². The summed E-state index contributed by atoms with van der Waals surface area (Å²) in [6, 6.07) is 7.85. The molecule has 3 rings (SSSR count). The van der Waals surface area contributed by atoms with Crippen molar-refractivity contribution < 1.29 is 14.3 Å². The lowest BCUT2D eigenvalue weighted by Crippen LogP contribution is -2.27. The Morgan fingerprint density at radius 1 is 1.39 bits per heavy atom. The molecule has 96 valence electrons. The maximum absolute atomic E-state index is 11.5. The first-order valence-electron chi connectivity index (χ1n) is 6.43. The molecule has 0 aromatic heterocycles. The van der Waals surface area contributed by atoms with Crippen molar-refractivity contribution in [2.24, 2.45) is 5.92 Å². The van der Waals surface area contributed by atoms with E-state index in [4.69, 9.17) is 9.47 Å². The molecule has 1 aromatic carbocycles. The molecule has 0 radical (unpaired) electrons. The van der Waals surface area contributed by atoms with Crippen LogP contribution in [0.4, 0.5) is 0 Å². The van der Waals surface area contributed by atoms with Crippen molar-refractivity contribution in [3.05, 3.63) is 29.8 Å². The van der Waals surface area contributed by atoms with Crippen molar-refractivity contribution in [2.45, 2.75) is 25.5 Å². The molecule has 1 amide bonds. The van der Waals surface area contributed by atoms with E-state index in [2.05, 4.69) is 5.32 Å². The zero-order valence-electron chi connectivity index (χ0n) is 10.2. The molecule has 1 aromatic rings. The van der Waals surface area contributed by atoms with Crippen molar-refractivity contribution in [3.63, 3.8) is 0 Å². The molecule has 2 fully saturated rings. The molecule has 1 aliphatic carbocycles. The fourth-order valence-corrected chi connectivity index (χ4v) is 1.78. The monoisotopic (exact) mass is 247 g/mol. The van der Waals surface area contributed by atoms with E-state index in [-0.39, 0.29) is 12.0 Å². The first kappa shape index (κ1) is 11.5. The van der Waals surface area contributed by atoms with Crippen LogP contribution >= 0.6 is 0 Å². The minimum absolute atomic E-state index is 0.0352. The number of benzene rings is 1. The molecule has 1 saturated heterocycles. The topological polar surface area (TPSA) is 50.9 Å². The van der Waals surface area contributed by atoms with Gasteiger partial charge in [-0.25, -0.2) is 0 Å². The van der Waals surface area contributed by atoms with Gasteiger partial charge < -0.3 is 14.8 Å². The number of carbonyl (C=O) groups excluding carboxylic acids is 1. The number of hydrogen-bond acceptors (Lipinski definition) is 3. The lowest BCUT2D eigenvalue weighted by molar-refractivity contribution is -0.122. The van der Waals surface area contributed by atoms with Crippen LogP contribution in [0.3, 0.4) is 0 Å². The lowest BCUT2D eigenvalue weighted by Gasteiger charge is -2.11. The maximum atomic E-state index is 11.5. The molecule has 1 saturated carbocycles. The van der Waals surface area contributed by atoms with E-state index in [1.165, 1.54) is 12.8 Å². The van der Waals surface area contributed by atoms with E-state index < -0.39 is 0 Å². The van der Waals surface area contributed by atoms with Gasteiger partial charge in [-0.15, -0.1) is 0 Å². The van der Waals surface area contributed by atoms with Gasteiger partial charge in [0.05, 0.1) is 13.2 Å². The number of rotatable bonds is 6. The van der Waals surface area contributed by atoms with Crippen LogP contribution in [-0.2, 0) is 16.1 Å². The average Bonchev–Trinajstić information content (AvgIpc) is 3.28. The van der Waals surface area contributed by atoms with E-state index in [9.17, 15) is 4.79 Å². The third kappa shape index (κ3) is 3.01. The molecule has 4 heteroatoms. The molecule has 4 nitrogen and oxygen atoms in total. The van der Waals surface area contributed by atoms with Crippen LogP contribution in [0.5, 0.6) is 5.75 Å². The van der Waals surface area contributed by atoms with Crippen LogP contribution in [0, 0.1) is 5.92 Å². The van der Waals surface area contributed by atoms with Crippen molar-refractivity contribution in [1.29, 1.82) is 0 Å². The Balaban J connectivity index is 1.56. The molecule has 1 atom stereocenters. The summed E-state index contributed by atoms with van der Waals surface area (Å²) in [5.41, 5.74) is 1.02. The molecule has 18 heavy (non-hydrogen) atoms. The highest BCUT2D eigenvalue weighted by Gasteiger charge is 2.31. The summed E-state index contributed by atoms with van der Waals surface area (Å²) in [5, 5.41) is 2.86. The van der Waals surface area contributed by atoms with E-state index >= 15 is 0 Å². The maximum Gasteiger partial charge on any atom is 0.251 e. The van der Waals surface area contributed by atoms with Gasteiger partial charge in [-0.1, -0.05) is 18.2 Å². The Hall–Kier alpha value is -1.55. The van der Waals surface area contributed by atoms with E-state index in [1.807, 2.05) is 24.3 Å². The first-order chi connectivity index (χ1) is 8.83. The molecule has 1 heterocycles. The van der Waals surface area contributed by atoms with Crippen LogP contribution in [0.25, 0.3) is 0 Å². The minimum Gasteiger partial charge on any atom is -0.493 e. The van der Waals surface area contributed by atoms with Gasteiger partial charge in [0.1, 0.15) is 5.75 Å². The van der Waals surface area contributed by atoms with Gasteiger partial charge in [0.15, 0.2) is 6.10 Å². The van der Waals surface area contributed by atoms with Gasteiger partial charge in [0.25, 0.3) is 5.91 Å². The third-order valence-electron chi connectivity index (χ3n) is 3.22. The number of ether oxygens (including phenoxy) is 2.